The van der Waals surface area contributed by atoms with Gasteiger partial charge in [0.05, 0.1) is 11.6 Å². The van der Waals surface area contributed by atoms with Crippen molar-refractivity contribution in [3.05, 3.63) is 28.2 Å². The molecule has 4 nitrogen and oxygen atoms in total. The molecule has 1 aromatic carbocycles. The number of nitrogens with two attached hydrogens (primary N) is 1. The molecule has 5 heteroatoms. The van der Waals surface area contributed by atoms with Gasteiger partial charge in [0.2, 0.25) is 5.91 Å². The van der Waals surface area contributed by atoms with Crippen molar-refractivity contribution >= 4 is 21.8 Å². The number of nitrogens with one attached hydrogen (secondary N) is 1. The van der Waals surface area contributed by atoms with Gasteiger partial charge < -0.3 is 15.8 Å². The van der Waals surface area contributed by atoms with Gasteiger partial charge in [-0.15, -0.1) is 0 Å². The van der Waals surface area contributed by atoms with Crippen molar-refractivity contribution in [2.45, 2.75) is 25.8 Å². The lowest BCUT2D eigenvalue weighted by molar-refractivity contribution is -0.121. The fraction of sp³-hybridized carbons (Fsp3) is 0.462. The van der Waals surface area contributed by atoms with E-state index in [0.717, 1.165) is 22.2 Å². The molecule has 1 atom stereocenters. The summed E-state index contributed by atoms with van der Waals surface area (Å²) in [7, 11) is 1.63. The number of rotatable bonds is 6. The zero-order chi connectivity index (χ0) is 13.5. The predicted molar refractivity (Wildman–Crippen MR) is 75.7 cm³/mol. The molecule has 1 rings (SSSR count). The first-order valence-electron chi connectivity index (χ1n) is 5.87. The van der Waals surface area contributed by atoms with Crippen LogP contribution in [0.3, 0.4) is 0 Å². The third-order valence-corrected chi connectivity index (χ3v) is 3.08. The lowest BCUT2D eigenvalue weighted by atomic mass is 10.1. The second-order valence-electron chi connectivity index (χ2n) is 4.25. The summed E-state index contributed by atoms with van der Waals surface area (Å²) < 4.78 is 6.08. The fourth-order valence-corrected chi connectivity index (χ4v) is 2.16. The molecule has 0 bridgehead atoms. The Morgan fingerprint density at radius 1 is 1.56 bits per heavy atom. The van der Waals surface area contributed by atoms with E-state index in [2.05, 4.69) is 21.2 Å². The van der Waals surface area contributed by atoms with Gasteiger partial charge in [-0.1, -0.05) is 6.07 Å². The van der Waals surface area contributed by atoms with E-state index in [9.17, 15) is 4.79 Å². The number of amides is 1. The fourth-order valence-electron chi connectivity index (χ4n) is 1.58. The molecule has 0 aliphatic carbocycles. The second-order valence-corrected chi connectivity index (χ2v) is 5.10. The Balaban J connectivity index is 2.40. The van der Waals surface area contributed by atoms with Crippen molar-refractivity contribution in [1.29, 1.82) is 0 Å². The number of carbonyl (C=O) groups excluding carboxylic acids is 1. The Labute approximate surface area is 116 Å². The number of methoxy groups -OCH3 is 1. The normalized spacial score (nSPS) is 12.0. The Morgan fingerprint density at radius 2 is 2.28 bits per heavy atom. The van der Waals surface area contributed by atoms with Gasteiger partial charge in [0.25, 0.3) is 0 Å². The molecule has 0 aliphatic rings. The third kappa shape index (κ3) is 5.06. The maximum atomic E-state index is 11.4. The highest BCUT2D eigenvalue weighted by Gasteiger charge is 2.05. The SMILES string of the molecule is COc1ccc(CCNC(=O)CC(C)N)cc1Br. The minimum absolute atomic E-state index is 0.00224. The van der Waals surface area contributed by atoms with Crippen LogP contribution in [-0.2, 0) is 11.2 Å². The van der Waals surface area contributed by atoms with Crippen LogP contribution in [0.2, 0.25) is 0 Å². The Bertz CT molecular complexity index is 408. The van der Waals surface area contributed by atoms with E-state index < -0.39 is 0 Å². The van der Waals surface area contributed by atoms with Crippen molar-refractivity contribution < 1.29 is 9.53 Å². The van der Waals surface area contributed by atoms with Crippen LogP contribution >= 0.6 is 15.9 Å². The topological polar surface area (TPSA) is 64.3 Å². The van der Waals surface area contributed by atoms with Gasteiger partial charge in [0.1, 0.15) is 5.75 Å². The molecule has 0 fully saturated rings. The number of hydrogen-bond acceptors (Lipinski definition) is 3. The van der Waals surface area contributed by atoms with Gasteiger partial charge in [-0.3, -0.25) is 4.79 Å². The summed E-state index contributed by atoms with van der Waals surface area (Å²) >= 11 is 3.43. The van der Waals surface area contributed by atoms with E-state index in [1.54, 1.807) is 7.11 Å². The van der Waals surface area contributed by atoms with Gasteiger partial charge in [-0.25, -0.2) is 0 Å². The van der Waals surface area contributed by atoms with Gasteiger partial charge in [-0.05, 0) is 47.0 Å². The summed E-state index contributed by atoms with van der Waals surface area (Å²) in [6.45, 7) is 2.44. The summed E-state index contributed by atoms with van der Waals surface area (Å²) in [6, 6.07) is 5.79. The molecule has 0 aromatic heterocycles. The van der Waals surface area contributed by atoms with E-state index in [0.29, 0.717) is 13.0 Å². The highest BCUT2D eigenvalue weighted by molar-refractivity contribution is 9.10. The summed E-state index contributed by atoms with van der Waals surface area (Å²) in [6.07, 6.45) is 1.15. The van der Waals surface area contributed by atoms with Crippen LogP contribution in [0.4, 0.5) is 0 Å². The molecule has 1 amide bonds. The van der Waals surface area contributed by atoms with E-state index in [1.165, 1.54) is 0 Å². The Morgan fingerprint density at radius 3 is 2.83 bits per heavy atom. The smallest absolute Gasteiger partial charge is 0.221 e. The van der Waals surface area contributed by atoms with Gasteiger partial charge >= 0.3 is 0 Å². The van der Waals surface area contributed by atoms with Crippen molar-refractivity contribution in [3.63, 3.8) is 0 Å². The minimum Gasteiger partial charge on any atom is -0.496 e. The second kappa shape index (κ2) is 7.38. The highest BCUT2D eigenvalue weighted by Crippen LogP contribution is 2.25. The minimum atomic E-state index is -0.0971. The first-order chi connectivity index (χ1) is 8.52. The summed E-state index contributed by atoms with van der Waals surface area (Å²) in [5.41, 5.74) is 6.69. The molecule has 0 spiro atoms. The van der Waals surface area contributed by atoms with E-state index >= 15 is 0 Å². The molecule has 1 unspecified atom stereocenters. The van der Waals surface area contributed by atoms with Crippen LogP contribution in [0.25, 0.3) is 0 Å². The van der Waals surface area contributed by atoms with Crippen LogP contribution in [0, 0.1) is 0 Å². The van der Waals surface area contributed by atoms with Crippen molar-refractivity contribution in [2.75, 3.05) is 13.7 Å². The zero-order valence-electron chi connectivity index (χ0n) is 10.7. The molecule has 0 saturated heterocycles. The summed E-state index contributed by atoms with van der Waals surface area (Å²) in [5.74, 6) is 0.803. The molecule has 0 heterocycles. The number of halogens is 1. The summed E-state index contributed by atoms with van der Waals surface area (Å²) in [5, 5.41) is 2.85. The Hall–Kier alpha value is -1.07. The maximum absolute atomic E-state index is 11.4. The van der Waals surface area contributed by atoms with Crippen molar-refractivity contribution in [2.24, 2.45) is 5.73 Å². The van der Waals surface area contributed by atoms with Crippen molar-refractivity contribution in [1.82, 2.24) is 5.32 Å². The number of carbonyl (C=O) groups is 1. The van der Waals surface area contributed by atoms with Gasteiger partial charge in [-0.2, -0.15) is 0 Å². The quantitative estimate of drug-likeness (QED) is 0.842. The molecule has 0 saturated carbocycles. The van der Waals surface area contributed by atoms with Crippen LogP contribution in [-0.4, -0.2) is 25.6 Å². The average molecular weight is 315 g/mol. The lowest BCUT2D eigenvalue weighted by Crippen LogP contribution is -2.31. The monoisotopic (exact) mass is 314 g/mol. The van der Waals surface area contributed by atoms with E-state index in [4.69, 9.17) is 10.5 Å². The lowest BCUT2D eigenvalue weighted by Gasteiger charge is -2.08. The average Bonchev–Trinajstić information content (AvgIpc) is 2.28. The van der Waals surface area contributed by atoms with Gasteiger partial charge in [0.15, 0.2) is 0 Å². The van der Waals surface area contributed by atoms with Crippen LogP contribution < -0.4 is 15.8 Å². The first kappa shape index (κ1) is 15.0. The number of ether oxygens (including phenoxy) is 1. The highest BCUT2D eigenvalue weighted by atomic mass is 79.9. The molecule has 0 aliphatic heterocycles. The molecule has 100 valence electrons. The first-order valence-corrected chi connectivity index (χ1v) is 6.67. The van der Waals surface area contributed by atoms with E-state index in [-0.39, 0.29) is 11.9 Å². The summed E-state index contributed by atoms with van der Waals surface area (Å²) in [4.78, 5) is 11.4. The number of hydrogen-bond donors (Lipinski definition) is 2. The van der Waals surface area contributed by atoms with Crippen molar-refractivity contribution in [3.8, 4) is 5.75 Å². The molecule has 18 heavy (non-hydrogen) atoms. The standard InChI is InChI=1S/C13H19BrN2O2/c1-9(15)7-13(17)16-6-5-10-3-4-12(18-2)11(14)8-10/h3-4,8-9H,5-7,15H2,1-2H3,(H,16,17). The molecule has 3 N–H and O–H groups in total. The molecule has 0 radical (unpaired) electrons. The zero-order valence-corrected chi connectivity index (χ0v) is 12.3. The van der Waals surface area contributed by atoms with Gasteiger partial charge in [0, 0.05) is 19.0 Å². The largest absolute Gasteiger partial charge is 0.496 e. The number of benzene rings is 1. The third-order valence-electron chi connectivity index (χ3n) is 2.46. The van der Waals surface area contributed by atoms with Crippen LogP contribution in [0.5, 0.6) is 5.75 Å². The van der Waals surface area contributed by atoms with Crippen LogP contribution in [0.15, 0.2) is 22.7 Å². The van der Waals surface area contributed by atoms with E-state index in [1.807, 2.05) is 25.1 Å². The Kier molecular flexibility index (Phi) is 6.15. The maximum Gasteiger partial charge on any atom is 0.221 e. The molecular weight excluding hydrogens is 296 g/mol. The molecule has 1 aromatic rings. The van der Waals surface area contributed by atoms with Crippen LogP contribution in [0.1, 0.15) is 18.9 Å². The molecular formula is C13H19BrN2O2. The predicted octanol–water partition coefficient (Wildman–Crippen LogP) is 1.85.